The molecule has 1 rings (SSSR count). The molecule has 0 bridgehead atoms. The summed E-state index contributed by atoms with van der Waals surface area (Å²) in [7, 11) is 1.52. The van der Waals surface area contributed by atoms with Crippen molar-refractivity contribution in [2.45, 2.75) is 24.1 Å². The summed E-state index contributed by atoms with van der Waals surface area (Å²) < 4.78 is 27.2. The van der Waals surface area contributed by atoms with E-state index in [4.69, 9.17) is 15.4 Å². The maximum Gasteiger partial charge on any atom is 0.270 e. The van der Waals surface area contributed by atoms with Crippen LogP contribution in [0.5, 0.6) is 0 Å². The molecule has 18 heavy (non-hydrogen) atoms. The second-order valence-electron chi connectivity index (χ2n) is 3.52. The van der Waals surface area contributed by atoms with E-state index in [0.29, 0.717) is 6.61 Å². The monoisotopic (exact) mass is 311 g/mol. The van der Waals surface area contributed by atoms with Crippen LogP contribution in [-0.4, -0.2) is 27.5 Å². The zero-order valence-corrected chi connectivity index (χ0v) is 12.4. The van der Waals surface area contributed by atoms with E-state index in [2.05, 4.69) is 5.32 Å². The van der Waals surface area contributed by atoms with Crippen molar-refractivity contribution in [2.24, 2.45) is 0 Å². The standard InChI is InChI=1S/C10H14ClNO4S2/c1-3-16-6-9(13)12-7(2)8-4-5-10(17-8)18(11,14)15/h4-5,7H,3,6H2,1-2H3,(H,12,13). The van der Waals surface area contributed by atoms with E-state index in [1.165, 1.54) is 6.07 Å². The fourth-order valence-electron chi connectivity index (χ4n) is 1.25. The van der Waals surface area contributed by atoms with Gasteiger partial charge in [-0.15, -0.1) is 11.3 Å². The first-order valence-electron chi connectivity index (χ1n) is 5.26. The minimum atomic E-state index is -3.70. The summed E-state index contributed by atoms with van der Waals surface area (Å²) in [6, 6.07) is 2.77. The van der Waals surface area contributed by atoms with Crippen molar-refractivity contribution < 1.29 is 17.9 Å². The number of hydrogen-bond acceptors (Lipinski definition) is 5. The van der Waals surface area contributed by atoms with E-state index >= 15 is 0 Å². The van der Waals surface area contributed by atoms with Crippen LogP contribution in [-0.2, 0) is 18.6 Å². The lowest BCUT2D eigenvalue weighted by Crippen LogP contribution is -2.29. The quantitative estimate of drug-likeness (QED) is 0.814. The molecule has 1 aromatic rings. The summed E-state index contributed by atoms with van der Waals surface area (Å²) in [5, 5.41) is 2.70. The molecule has 0 aliphatic rings. The molecule has 1 atom stereocenters. The third-order valence-electron chi connectivity index (χ3n) is 2.08. The smallest absolute Gasteiger partial charge is 0.270 e. The third-order valence-corrected chi connectivity index (χ3v) is 5.44. The lowest BCUT2D eigenvalue weighted by Gasteiger charge is -2.11. The van der Waals surface area contributed by atoms with E-state index in [1.54, 1.807) is 19.9 Å². The number of rotatable bonds is 6. The Labute approximate surface area is 115 Å². The highest BCUT2D eigenvalue weighted by atomic mass is 35.7. The van der Waals surface area contributed by atoms with Crippen molar-refractivity contribution in [3.8, 4) is 0 Å². The van der Waals surface area contributed by atoms with E-state index in [1.807, 2.05) is 0 Å². The van der Waals surface area contributed by atoms with Gasteiger partial charge >= 0.3 is 0 Å². The van der Waals surface area contributed by atoms with Crippen LogP contribution < -0.4 is 5.32 Å². The zero-order valence-electron chi connectivity index (χ0n) is 9.97. The van der Waals surface area contributed by atoms with Crippen LogP contribution in [0.4, 0.5) is 0 Å². The zero-order chi connectivity index (χ0) is 13.8. The summed E-state index contributed by atoms with van der Waals surface area (Å²) in [5.41, 5.74) is 0. The van der Waals surface area contributed by atoms with Gasteiger partial charge in [-0.2, -0.15) is 0 Å². The molecule has 0 saturated heterocycles. The Morgan fingerprint density at radius 2 is 2.22 bits per heavy atom. The highest BCUT2D eigenvalue weighted by Crippen LogP contribution is 2.28. The van der Waals surface area contributed by atoms with Crippen LogP contribution >= 0.6 is 22.0 Å². The molecule has 0 aliphatic heterocycles. The fourth-order valence-corrected chi connectivity index (χ4v) is 3.34. The second kappa shape index (κ2) is 6.51. The Balaban J connectivity index is 2.65. The molecule has 0 aliphatic carbocycles. The average Bonchev–Trinajstić information content (AvgIpc) is 2.75. The SMILES string of the molecule is CCOCC(=O)NC(C)c1ccc(S(=O)(=O)Cl)s1. The Morgan fingerprint density at radius 3 is 2.72 bits per heavy atom. The first-order valence-corrected chi connectivity index (χ1v) is 8.38. The number of carbonyl (C=O) groups excluding carboxylic acids is 1. The van der Waals surface area contributed by atoms with Crippen LogP contribution in [0.1, 0.15) is 24.8 Å². The third kappa shape index (κ3) is 4.56. The molecule has 0 spiro atoms. The minimum absolute atomic E-state index is 0.00707. The molecule has 0 fully saturated rings. The van der Waals surface area contributed by atoms with Gasteiger partial charge in [0, 0.05) is 22.2 Å². The van der Waals surface area contributed by atoms with Crippen molar-refractivity contribution in [2.75, 3.05) is 13.2 Å². The molecule has 8 heteroatoms. The van der Waals surface area contributed by atoms with E-state index in [9.17, 15) is 13.2 Å². The number of hydrogen-bond donors (Lipinski definition) is 1. The van der Waals surface area contributed by atoms with Crippen LogP contribution in [0.3, 0.4) is 0 Å². The minimum Gasteiger partial charge on any atom is -0.372 e. The summed E-state index contributed by atoms with van der Waals surface area (Å²) in [6.45, 7) is 4.02. The first kappa shape index (κ1) is 15.4. The fraction of sp³-hybridized carbons (Fsp3) is 0.500. The Kier molecular flexibility index (Phi) is 5.58. The largest absolute Gasteiger partial charge is 0.372 e. The second-order valence-corrected chi connectivity index (χ2v) is 7.43. The van der Waals surface area contributed by atoms with Gasteiger partial charge in [0.2, 0.25) is 5.91 Å². The van der Waals surface area contributed by atoms with Gasteiger partial charge in [0.15, 0.2) is 0 Å². The predicted molar refractivity (Wildman–Crippen MR) is 70.4 cm³/mol. The lowest BCUT2D eigenvalue weighted by molar-refractivity contribution is -0.126. The lowest BCUT2D eigenvalue weighted by atomic mass is 10.3. The van der Waals surface area contributed by atoms with Gasteiger partial charge in [0.1, 0.15) is 10.8 Å². The molecule has 1 amide bonds. The molecule has 1 heterocycles. The van der Waals surface area contributed by atoms with E-state index in [0.717, 1.165) is 16.2 Å². The van der Waals surface area contributed by atoms with Crippen LogP contribution in [0.25, 0.3) is 0 Å². The van der Waals surface area contributed by atoms with Gasteiger partial charge in [-0.1, -0.05) is 0 Å². The van der Waals surface area contributed by atoms with Gasteiger partial charge in [-0.3, -0.25) is 4.79 Å². The van der Waals surface area contributed by atoms with Crippen molar-refractivity contribution >= 4 is 37.0 Å². The van der Waals surface area contributed by atoms with Crippen molar-refractivity contribution in [1.82, 2.24) is 5.32 Å². The van der Waals surface area contributed by atoms with Crippen LogP contribution in [0.2, 0.25) is 0 Å². The number of ether oxygens (including phenoxy) is 1. The van der Waals surface area contributed by atoms with Gasteiger partial charge in [0.05, 0.1) is 6.04 Å². The molecular formula is C10H14ClNO4S2. The molecule has 0 aromatic carbocycles. The van der Waals surface area contributed by atoms with Crippen LogP contribution in [0.15, 0.2) is 16.3 Å². The molecule has 1 N–H and O–H groups in total. The average molecular weight is 312 g/mol. The van der Waals surface area contributed by atoms with E-state index < -0.39 is 9.05 Å². The number of amides is 1. The molecule has 1 unspecified atom stereocenters. The summed E-state index contributed by atoms with van der Waals surface area (Å²) in [4.78, 5) is 12.1. The Morgan fingerprint density at radius 1 is 1.56 bits per heavy atom. The summed E-state index contributed by atoms with van der Waals surface area (Å²) in [6.07, 6.45) is 0. The Bertz CT molecular complexity index is 512. The summed E-state index contributed by atoms with van der Waals surface area (Å²) >= 11 is 1.04. The molecular weight excluding hydrogens is 298 g/mol. The van der Waals surface area contributed by atoms with Gasteiger partial charge in [0.25, 0.3) is 9.05 Å². The van der Waals surface area contributed by atoms with Crippen molar-refractivity contribution in [3.05, 3.63) is 17.0 Å². The molecule has 1 aromatic heterocycles. The van der Waals surface area contributed by atoms with E-state index in [-0.39, 0.29) is 22.8 Å². The predicted octanol–water partition coefficient (Wildman–Crippen LogP) is 1.89. The normalized spacial score (nSPS) is 13.3. The number of thiophene rings is 1. The molecule has 102 valence electrons. The van der Waals surface area contributed by atoms with Gasteiger partial charge in [-0.05, 0) is 26.0 Å². The summed E-state index contributed by atoms with van der Waals surface area (Å²) in [5.74, 6) is -0.243. The van der Waals surface area contributed by atoms with Crippen molar-refractivity contribution in [1.29, 1.82) is 0 Å². The number of halogens is 1. The highest BCUT2D eigenvalue weighted by Gasteiger charge is 2.17. The first-order chi connectivity index (χ1) is 8.34. The van der Waals surface area contributed by atoms with Crippen molar-refractivity contribution in [3.63, 3.8) is 0 Å². The maximum atomic E-state index is 11.4. The molecule has 0 radical (unpaired) electrons. The molecule has 5 nitrogen and oxygen atoms in total. The Hall–Kier alpha value is -0.630. The highest BCUT2D eigenvalue weighted by molar-refractivity contribution is 8.15. The number of nitrogens with one attached hydrogen (secondary N) is 1. The van der Waals surface area contributed by atoms with Gasteiger partial charge in [-0.25, -0.2) is 8.42 Å². The topological polar surface area (TPSA) is 72.5 Å². The van der Waals surface area contributed by atoms with Crippen LogP contribution in [0, 0.1) is 0 Å². The maximum absolute atomic E-state index is 11.4. The molecule has 0 saturated carbocycles. The number of carbonyl (C=O) groups is 1. The van der Waals surface area contributed by atoms with Gasteiger partial charge < -0.3 is 10.1 Å².